The van der Waals surface area contributed by atoms with Crippen LogP contribution in [0, 0.1) is 5.92 Å². The van der Waals surface area contributed by atoms with E-state index in [0.717, 1.165) is 37.7 Å². The van der Waals surface area contributed by atoms with E-state index in [1.807, 2.05) is 23.2 Å². The molecule has 0 bridgehead atoms. The summed E-state index contributed by atoms with van der Waals surface area (Å²) >= 11 is 1.30. The molecule has 2 N–H and O–H groups in total. The first-order valence-corrected chi connectivity index (χ1v) is 10.5. The number of aromatic nitrogens is 3. The summed E-state index contributed by atoms with van der Waals surface area (Å²) in [5.74, 6) is -0.128. The van der Waals surface area contributed by atoms with Crippen LogP contribution in [0.5, 0.6) is 0 Å². The summed E-state index contributed by atoms with van der Waals surface area (Å²) in [6.45, 7) is 1.21. The molecule has 1 aromatic carbocycles. The van der Waals surface area contributed by atoms with Gasteiger partial charge in [0, 0.05) is 36.6 Å². The van der Waals surface area contributed by atoms with Crippen LogP contribution < -0.4 is 5.32 Å². The number of aryl methyl sites for hydroxylation is 1. The molecule has 3 heterocycles. The van der Waals surface area contributed by atoms with E-state index in [1.54, 1.807) is 5.51 Å². The first kappa shape index (κ1) is 18.6. The number of fused-ring (bicyclic) bond motifs is 1. The first-order valence-electron chi connectivity index (χ1n) is 9.60. The lowest BCUT2D eigenvalue weighted by molar-refractivity contribution is -0.134. The third-order valence-electron chi connectivity index (χ3n) is 5.25. The number of H-pyrrole nitrogens is 1. The zero-order valence-corrected chi connectivity index (χ0v) is 16.4. The maximum Gasteiger partial charge on any atom is 0.231 e. The lowest BCUT2D eigenvalue weighted by atomic mass is 9.96. The molecule has 0 spiro atoms. The van der Waals surface area contributed by atoms with Crippen molar-refractivity contribution < 1.29 is 9.59 Å². The number of aromatic amines is 1. The van der Waals surface area contributed by atoms with Crippen LogP contribution >= 0.6 is 11.3 Å². The highest BCUT2D eigenvalue weighted by molar-refractivity contribution is 7.13. The van der Waals surface area contributed by atoms with Crippen LogP contribution in [-0.4, -0.2) is 45.0 Å². The third-order valence-corrected chi connectivity index (χ3v) is 5.85. The molecule has 0 radical (unpaired) electrons. The SMILES string of the molecule is O=C(Nc1nncs1)[C@@H]1CCCN(C(=O)CCCc2c[nH]c3ccccc23)C1. The molecule has 0 unspecified atom stereocenters. The zero-order chi connectivity index (χ0) is 19.3. The van der Waals surface area contributed by atoms with Gasteiger partial charge in [0.1, 0.15) is 5.51 Å². The molecule has 3 aromatic rings. The Kier molecular flexibility index (Phi) is 5.66. The highest BCUT2D eigenvalue weighted by Crippen LogP contribution is 2.22. The fourth-order valence-corrected chi connectivity index (χ4v) is 4.23. The van der Waals surface area contributed by atoms with Crippen LogP contribution in [0.15, 0.2) is 36.0 Å². The molecular weight excluding hydrogens is 374 g/mol. The number of benzene rings is 1. The second kappa shape index (κ2) is 8.52. The molecule has 4 rings (SSSR count). The summed E-state index contributed by atoms with van der Waals surface area (Å²) in [6.07, 6.45) is 5.85. The first-order chi connectivity index (χ1) is 13.7. The summed E-state index contributed by atoms with van der Waals surface area (Å²) in [5.41, 5.74) is 3.96. The summed E-state index contributed by atoms with van der Waals surface area (Å²) in [5, 5.41) is 12.1. The van der Waals surface area contributed by atoms with E-state index in [0.29, 0.717) is 18.1 Å². The Labute approximate surface area is 167 Å². The minimum Gasteiger partial charge on any atom is -0.361 e. The molecule has 28 heavy (non-hydrogen) atoms. The van der Waals surface area contributed by atoms with Crippen LogP contribution in [0.1, 0.15) is 31.2 Å². The van der Waals surface area contributed by atoms with Gasteiger partial charge < -0.3 is 15.2 Å². The van der Waals surface area contributed by atoms with Gasteiger partial charge in [0.05, 0.1) is 5.92 Å². The van der Waals surface area contributed by atoms with Gasteiger partial charge in [-0.2, -0.15) is 0 Å². The largest absolute Gasteiger partial charge is 0.361 e. The van der Waals surface area contributed by atoms with Gasteiger partial charge in [-0.05, 0) is 37.3 Å². The van der Waals surface area contributed by atoms with E-state index in [4.69, 9.17) is 0 Å². The normalized spacial score (nSPS) is 17.0. The van der Waals surface area contributed by atoms with Crippen molar-refractivity contribution in [2.24, 2.45) is 5.92 Å². The Morgan fingerprint density at radius 3 is 3.07 bits per heavy atom. The number of carbonyl (C=O) groups excluding carboxylic acids is 2. The highest BCUT2D eigenvalue weighted by Gasteiger charge is 2.28. The maximum atomic E-state index is 12.6. The van der Waals surface area contributed by atoms with Crippen molar-refractivity contribution in [2.45, 2.75) is 32.1 Å². The van der Waals surface area contributed by atoms with Crippen molar-refractivity contribution >= 4 is 39.2 Å². The molecule has 1 fully saturated rings. The Morgan fingerprint density at radius 1 is 1.32 bits per heavy atom. The van der Waals surface area contributed by atoms with Gasteiger partial charge in [0.15, 0.2) is 0 Å². The van der Waals surface area contributed by atoms with Gasteiger partial charge in [-0.1, -0.05) is 29.5 Å². The molecule has 1 aliphatic rings. The average molecular weight is 398 g/mol. The number of hydrogen-bond donors (Lipinski definition) is 2. The second-order valence-corrected chi connectivity index (χ2v) is 7.96. The number of anilines is 1. The Bertz CT molecular complexity index is 953. The molecule has 1 saturated heterocycles. The average Bonchev–Trinajstić information content (AvgIpc) is 3.38. The molecule has 1 atom stereocenters. The number of likely N-dealkylation sites (tertiary alicyclic amines) is 1. The lowest BCUT2D eigenvalue weighted by Gasteiger charge is -2.32. The van der Waals surface area contributed by atoms with Crippen molar-refractivity contribution in [2.75, 3.05) is 18.4 Å². The molecule has 0 saturated carbocycles. The summed E-state index contributed by atoms with van der Waals surface area (Å²) in [6, 6.07) is 8.21. The molecule has 146 valence electrons. The fraction of sp³-hybridized carbons (Fsp3) is 0.400. The number of hydrogen-bond acceptors (Lipinski definition) is 5. The number of para-hydroxylation sites is 1. The van der Waals surface area contributed by atoms with Crippen molar-refractivity contribution in [3.8, 4) is 0 Å². The highest BCUT2D eigenvalue weighted by atomic mass is 32.1. The van der Waals surface area contributed by atoms with Crippen molar-refractivity contribution in [3.63, 3.8) is 0 Å². The minimum absolute atomic E-state index is 0.0759. The van der Waals surface area contributed by atoms with Crippen molar-refractivity contribution in [3.05, 3.63) is 41.5 Å². The fourth-order valence-electron chi connectivity index (χ4n) is 3.78. The summed E-state index contributed by atoms with van der Waals surface area (Å²) in [4.78, 5) is 30.2. The predicted molar refractivity (Wildman–Crippen MR) is 109 cm³/mol. The molecule has 2 aromatic heterocycles. The second-order valence-electron chi connectivity index (χ2n) is 7.13. The van der Waals surface area contributed by atoms with E-state index >= 15 is 0 Å². The van der Waals surface area contributed by atoms with E-state index in [1.165, 1.54) is 22.3 Å². The van der Waals surface area contributed by atoms with Crippen molar-refractivity contribution in [1.82, 2.24) is 20.1 Å². The summed E-state index contributed by atoms with van der Waals surface area (Å²) < 4.78 is 0. The number of nitrogens with zero attached hydrogens (tertiary/aromatic N) is 3. The third kappa shape index (κ3) is 4.22. The number of rotatable bonds is 6. The molecule has 2 amide bonds. The Morgan fingerprint density at radius 2 is 2.21 bits per heavy atom. The smallest absolute Gasteiger partial charge is 0.231 e. The van der Waals surface area contributed by atoms with Gasteiger partial charge in [0.2, 0.25) is 16.9 Å². The lowest BCUT2D eigenvalue weighted by Crippen LogP contribution is -2.43. The van der Waals surface area contributed by atoms with Gasteiger partial charge in [-0.15, -0.1) is 10.2 Å². The van der Waals surface area contributed by atoms with Gasteiger partial charge >= 0.3 is 0 Å². The monoisotopic (exact) mass is 397 g/mol. The maximum absolute atomic E-state index is 12.6. The predicted octanol–water partition coefficient (Wildman–Crippen LogP) is 3.22. The molecule has 0 aliphatic carbocycles. The van der Waals surface area contributed by atoms with Crippen LogP contribution in [0.3, 0.4) is 0 Å². The Hall–Kier alpha value is -2.74. The van der Waals surface area contributed by atoms with E-state index in [-0.39, 0.29) is 17.7 Å². The molecule has 7 nitrogen and oxygen atoms in total. The van der Waals surface area contributed by atoms with E-state index < -0.39 is 0 Å². The number of nitrogens with one attached hydrogen (secondary N) is 2. The number of piperidine rings is 1. The van der Waals surface area contributed by atoms with Crippen LogP contribution in [0.2, 0.25) is 0 Å². The minimum atomic E-state index is -0.185. The van der Waals surface area contributed by atoms with Crippen LogP contribution in [0.25, 0.3) is 10.9 Å². The number of amides is 2. The standard InChI is InChI=1S/C20H23N5O2S/c26-18(9-3-5-14-11-21-17-8-2-1-7-16(14)17)25-10-4-6-15(12-25)19(27)23-20-24-22-13-28-20/h1-2,7-8,11,13,15,21H,3-6,9-10,12H2,(H,23,24,27)/t15-/m1/s1. The Balaban J connectivity index is 1.27. The molecule has 1 aliphatic heterocycles. The van der Waals surface area contributed by atoms with Gasteiger partial charge in [-0.3, -0.25) is 9.59 Å². The van der Waals surface area contributed by atoms with Crippen LogP contribution in [-0.2, 0) is 16.0 Å². The van der Waals surface area contributed by atoms with Gasteiger partial charge in [-0.25, -0.2) is 0 Å². The van der Waals surface area contributed by atoms with Crippen LogP contribution in [0.4, 0.5) is 5.13 Å². The summed E-state index contributed by atoms with van der Waals surface area (Å²) in [7, 11) is 0. The molecular formula is C20H23N5O2S. The van der Waals surface area contributed by atoms with E-state index in [9.17, 15) is 9.59 Å². The topological polar surface area (TPSA) is 91.0 Å². The zero-order valence-electron chi connectivity index (χ0n) is 15.6. The van der Waals surface area contributed by atoms with Crippen molar-refractivity contribution in [1.29, 1.82) is 0 Å². The number of carbonyl (C=O) groups is 2. The quantitative estimate of drug-likeness (QED) is 0.668. The van der Waals surface area contributed by atoms with Gasteiger partial charge in [0.25, 0.3) is 0 Å². The molecule has 8 heteroatoms. The van der Waals surface area contributed by atoms with E-state index in [2.05, 4.69) is 32.6 Å².